The lowest BCUT2D eigenvalue weighted by molar-refractivity contribution is 0.539. The Bertz CT molecular complexity index is 131. The first-order valence-electron chi connectivity index (χ1n) is 7.93. The van der Waals surface area contributed by atoms with Crippen molar-refractivity contribution in [2.24, 2.45) is 0 Å². The highest BCUT2D eigenvalue weighted by molar-refractivity contribution is 7.80. The number of hydrogen-bond acceptors (Lipinski definition) is 0. The minimum atomic E-state index is 0.484. The first-order valence-corrected chi connectivity index (χ1v) is 8.40. The minimum Gasteiger partial charge on any atom is -0.0907 e. The average Bonchev–Trinajstić information content (AvgIpc) is 2.30. The van der Waals surface area contributed by atoms with Gasteiger partial charge < -0.3 is 0 Å². The summed E-state index contributed by atoms with van der Waals surface area (Å²) in [5.41, 5.74) is 0. The van der Waals surface area contributed by atoms with Gasteiger partial charge in [0.15, 0.2) is 0 Å². The lowest BCUT2D eigenvalue weighted by Crippen LogP contribution is -1.90. The summed E-state index contributed by atoms with van der Waals surface area (Å²) in [6, 6.07) is 0. The highest BCUT2D eigenvalue weighted by atomic mass is 32.1. The zero-order valence-electron chi connectivity index (χ0n) is 12.2. The van der Waals surface area contributed by atoms with Crippen LogP contribution >= 0.6 is 12.6 Å². The van der Waals surface area contributed by atoms with Crippen molar-refractivity contribution in [1.82, 2.24) is 0 Å². The SMILES string of the molecule is CCCCCCCCCCCCCCC(C)[S]. The minimum absolute atomic E-state index is 0.484. The molecule has 1 atom stereocenters. The predicted molar refractivity (Wildman–Crippen MR) is 82.7 cm³/mol. The maximum atomic E-state index is 5.16. The van der Waals surface area contributed by atoms with E-state index in [1.54, 1.807) is 0 Å². The quantitative estimate of drug-likeness (QED) is 0.323. The smallest absolute Gasteiger partial charge is 0.0123 e. The Morgan fingerprint density at radius 1 is 0.647 bits per heavy atom. The monoisotopic (exact) mass is 257 g/mol. The van der Waals surface area contributed by atoms with Crippen molar-refractivity contribution in [2.75, 3.05) is 0 Å². The molecule has 0 saturated heterocycles. The number of rotatable bonds is 13. The Morgan fingerprint density at radius 2 is 1.00 bits per heavy atom. The number of hydrogen-bond donors (Lipinski definition) is 0. The van der Waals surface area contributed by atoms with Gasteiger partial charge in [0, 0.05) is 5.25 Å². The van der Waals surface area contributed by atoms with Crippen molar-refractivity contribution in [3.63, 3.8) is 0 Å². The van der Waals surface area contributed by atoms with E-state index in [1.807, 2.05) is 0 Å². The molecule has 0 nitrogen and oxygen atoms in total. The summed E-state index contributed by atoms with van der Waals surface area (Å²) < 4.78 is 0. The standard InChI is InChI=1S/C16H33S/c1-3-4-5-6-7-8-9-10-11-12-13-14-15-16(2)17/h16H,3-15H2,1-2H3. The van der Waals surface area contributed by atoms with Crippen molar-refractivity contribution in [1.29, 1.82) is 0 Å². The third kappa shape index (κ3) is 16.4. The van der Waals surface area contributed by atoms with Crippen LogP contribution < -0.4 is 0 Å². The molecular formula is C16H33S. The van der Waals surface area contributed by atoms with Gasteiger partial charge in [-0.15, -0.1) is 0 Å². The fourth-order valence-corrected chi connectivity index (χ4v) is 2.44. The second-order valence-corrected chi connectivity index (χ2v) is 6.29. The van der Waals surface area contributed by atoms with Crippen LogP contribution in [0.15, 0.2) is 0 Å². The van der Waals surface area contributed by atoms with Gasteiger partial charge in [0.05, 0.1) is 0 Å². The molecule has 0 aliphatic heterocycles. The molecule has 0 fully saturated rings. The summed E-state index contributed by atoms with van der Waals surface area (Å²) in [6.07, 6.45) is 18.4. The molecule has 1 heteroatoms. The lowest BCUT2D eigenvalue weighted by Gasteiger charge is -2.04. The Kier molecular flexibility index (Phi) is 14.7. The molecule has 0 bridgehead atoms. The van der Waals surface area contributed by atoms with Gasteiger partial charge in [0.1, 0.15) is 0 Å². The molecule has 0 aromatic carbocycles. The van der Waals surface area contributed by atoms with Gasteiger partial charge in [-0.1, -0.05) is 104 Å². The van der Waals surface area contributed by atoms with Gasteiger partial charge in [0.2, 0.25) is 0 Å². The lowest BCUT2D eigenvalue weighted by atomic mass is 10.0. The molecule has 0 aromatic rings. The average molecular weight is 258 g/mol. The van der Waals surface area contributed by atoms with Crippen LogP contribution in [0.1, 0.15) is 97.3 Å². The summed E-state index contributed by atoms with van der Waals surface area (Å²) in [4.78, 5) is 0. The fraction of sp³-hybridized carbons (Fsp3) is 1.00. The van der Waals surface area contributed by atoms with Crippen LogP contribution in [0.2, 0.25) is 0 Å². The molecule has 0 heterocycles. The van der Waals surface area contributed by atoms with Gasteiger partial charge in [0.25, 0.3) is 0 Å². The van der Waals surface area contributed by atoms with E-state index in [-0.39, 0.29) is 0 Å². The Hall–Kier alpha value is 0.350. The molecule has 0 aliphatic carbocycles. The van der Waals surface area contributed by atoms with Crippen molar-refractivity contribution >= 4 is 12.6 Å². The van der Waals surface area contributed by atoms with Crippen LogP contribution in [0, 0.1) is 0 Å². The number of unbranched alkanes of at least 4 members (excludes halogenated alkanes) is 11. The third-order valence-corrected chi connectivity index (χ3v) is 3.70. The Morgan fingerprint density at radius 3 is 1.35 bits per heavy atom. The van der Waals surface area contributed by atoms with Crippen LogP contribution in [-0.2, 0) is 0 Å². The van der Waals surface area contributed by atoms with Crippen LogP contribution in [-0.4, -0.2) is 5.25 Å². The normalized spacial score (nSPS) is 12.9. The van der Waals surface area contributed by atoms with Gasteiger partial charge >= 0.3 is 0 Å². The van der Waals surface area contributed by atoms with Crippen LogP contribution in [0.4, 0.5) is 0 Å². The summed E-state index contributed by atoms with van der Waals surface area (Å²) in [5.74, 6) is 0. The molecule has 0 saturated carbocycles. The van der Waals surface area contributed by atoms with Crippen molar-refractivity contribution < 1.29 is 0 Å². The maximum Gasteiger partial charge on any atom is 0.0123 e. The summed E-state index contributed by atoms with van der Waals surface area (Å²) >= 11 is 5.16. The second-order valence-electron chi connectivity index (χ2n) is 5.49. The van der Waals surface area contributed by atoms with Crippen LogP contribution in [0.25, 0.3) is 0 Å². The summed E-state index contributed by atoms with van der Waals surface area (Å²) in [6.45, 7) is 4.43. The molecule has 17 heavy (non-hydrogen) atoms. The summed E-state index contributed by atoms with van der Waals surface area (Å²) in [5, 5.41) is 0.484. The molecular weight excluding hydrogens is 224 g/mol. The molecule has 0 N–H and O–H groups in total. The maximum absolute atomic E-state index is 5.16. The van der Waals surface area contributed by atoms with Gasteiger partial charge in [-0.05, 0) is 6.42 Å². The van der Waals surface area contributed by atoms with E-state index in [9.17, 15) is 0 Å². The van der Waals surface area contributed by atoms with E-state index in [2.05, 4.69) is 13.8 Å². The molecule has 1 unspecified atom stereocenters. The van der Waals surface area contributed by atoms with E-state index in [0.717, 1.165) is 0 Å². The highest BCUT2D eigenvalue weighted by Gasteiger charge is 1.96. The fourth-order valence-electron chi connectivity index (χ4n) is 2.27. The largest absolute Gasteiger partial charge is 0.0907 e. The van der Waals surface area contributed by atoms with Crippen molar-refractivity contribution in [2.45, 2.75) is 103 Å². The van der Waals surface area contributed by atoms with Gasteiger partial charge in [-0.2, -0.15) is 0 Å². The second kappa shape index (κ2) is 14.4. The molecule has 0 spiro atoms. The zero-order valence-corrected chi connectivity index (χ0v) is 13.0. The molecule has 0 amide bonds. The molecule has 103 valence electrons. The van der Waals surface area contributed by atoms with E-state index >= 15 is 0 Å². The highest BCUT2D eigenvalue weighted by Crippen LogP contribution is 2.13. The predicted octanol–water partition coefficient (Wildman–Crippen LogP) is 6.66. The van der Waals surface area contributed by atoms with E-state index in [1.165, 1.54) is 83.5 Å². The zero-order chi connectivity index (χ0) is 12.8. The Labute approximate surface area is 115 Å². The topological polar surface area (TPSA) is 0 Å². The van der Waals surface area contributed by atoms with Crippen LogP contribution in [0.3, 0.4) is 0 Å². The van der Waals surface area contributed by atoms with Crippen molar-refractivity contribution in [3.05, 3.63) is 0 Å². The van der Waals surface area contributed by atoms with Crippen LogP contribution in [0.5, 0.6) is 0 Å². The van der Waals surface area contributed by atoms with Gasteiger partial charge in [-0.25, -0.2) is 0 Å². The molecule has 0 rings (SSSR count). The summed E-state index contributed by atoms with van der Waals surface area (Å²) in [7, 11) is 0. The first-order chi connectivity index (χ1) is 8.27. The third-order valence-electron chi connectivity index (χ3n) is 3.46. The molecule has 0 aliphatic rings. The van der Waals surface area contributed by atoms with Crippen molar-refractivity contribution in [3.8, 4) is 0 Å². The van der Waals surface area contributed by atoms with E-state index < -0.39 is 0 Å². The Balaban J connectivity index is 2.89. The van der Waals surface area contributed by atoms with E-state index in [0.29, 0.717) is 5.25 Å². The van der Waals surface area contributed by atoms with Gasteiger partial charge in [-0.3, -0.25) is 0 Å². The first kappa shape index (κ1) is 17.4. The van der Waals surface area contributed by atoms with E-state index in [4.69, 9.17) is 12.6 Å². The molecule has 0 aromatic heterocycles. The molecule has 1 radical (unpaired) electrons.